The van der Waals surface area contributed by atoms with Gasteiger partial charge in [0.2, 0.25) is 0 Å². The monoisotopic (exact) mass is 213 g/mol. The third-order valence-corrected chi connectivity index (χ3v) is 3.68. The van der Waals surface area contributed by atoms with E-state index in [9.17, 15) is 9.90 Å². The van der Waals surface area contributed by atoms with Crippen LogP contribution >= 0.6 is 0 Å². The van der Waals surface area contributed by atoms with Crippen LogP contribution in [0, 0.1) is 11.3 Å². The average molecular weight is 213 g/mol. The second kappa shape index (κ2) is 5.08. The highest BCUT2D eigenvalue weighted by Crippen LogP contribution is 2.23. The van der Waals surface area contributed by atoms with Crippen LogP contribution in [0.2, 0.25) is 0 Å². The van der Waals surface area contributed by atoms with Crippen molar-refractivity contribution in [3.63, 3.8) is 0 Å². The van der Waals surface area contributed by atoms with Gasteiger partial charge in [0.1, 0.15) is 6.29 Å². The molecular weight excluding hydrogens is 190 g/mol. The van der Waals surface area contributed by atoms with Gasteiger partial charge in [-0.3, -0.25) is 4.90 Å². The molecule has 1 heterocycles. The molecule has 88 valence electrons. The minimum Gasteiger partial charge on any atom is -0.392 e. The molecule has 1 rings (SSSR count). The molecule has 3 heteroatoms. The lowest BCUT2D eigenvalue weighted by Crippen LogP contribution is -2.47. The number of aliphatic hydroxyl groups excluding tert-OH is 1. The second-order valence-corrected chi connectivity index (χ2v) is 5.19. The van der Waals surface area contributed by atoms with E-state index in [0.717, 1.165) is 32.2 Å². The van der Waals surface area contributed by atoms with Crippen LogP contribution in [0.5, 0.6) is 0 Å². The topological polar surface area (TPSA) is 40.5 Å². The molecule has 0 spiro atoms. The summed E-state index contributed by atoms with van der Waals surface area (Å²) >= 11 is 0. The first kappa shape index (κ1) is 12.7. The van der Waals surface area contributed by atoms with E-state index >= 15 is 0 Å². The van der Waals surface area contributed by atoms with Crippen LogP contribution < -0.4 is 0 Å². The van der Waals surface area contributed by atoms with Crippen LogP contribution in [0.4, 0.5) is 0 Å². The lowest BCUT2D eigenvalue weighted by Gasteiger charge is -2.38. The fourth-order valence-corrected chi connectivity index (χ4v) is 2.00. The molecule has 0 bridgehead atoms. The van der Waals surface area contributed by atoms with Crippen molar-refractivity contribution in [2.24, 2.45) is 11.3 Å². The molecule has 3 unspecified atom stereocenters. The van der Waals surface area contributed by atoms with Crippen LogP contribution in [0.3, 0.4) is 0 Å². The lowest BCUT2D eigenvalue weighted by atomic mass is 9.87. The largest absolute Gasteiger partial charge is 0.392 e. The SMILES string of the molecule is CCC(C)(C=O)CN1CCC(C)C(O)C1. The van der Waals surface area contributed by atoms with Gasteiger partial charge in [-0.2, -0.15) is 0 Å². The first-order chi connectivity index (χ1) is 7.00. The van der Waals surface area contributed by atoms with E-state index in [1.807, 2.05) is 13.8 Å². The Balaban J connectivity index is 2.49. The Kier molecular flexibility index (Phi) is 4.29. The zero-order valence-electron chi connectivity index (χ0n) is 10.1. The van der Waals surface area contributed by atoms with Gasteiger partial charge >= 0.3 is 0 Å². The number of hydrogen-bond donors (Lipinski definition) is 1. The van der Waals surface area contributed by atoms with E-state index in [-0.39, 0.29) is 11.5 Å². The van der Waals surface area contributed by atoms with Gasteiger partial charge in [-0.05, 0) is 25.3 Å². The maximum absolute atomic E-state index is 11.0. The number of hydrogen-bond acceptors (Lipinski definition) is 3. The molecule has 0 saturated carbocycles. The van der Waals surface area contributed by atoms with Crippen molar-refractivity contribution >= 4 is 6.29 Å². The van der Waals surface area contributed by atoms with Crippen molar-refractivity contribution < 1.29 is 9.90 Å². The molecule has 3 nitrogen and oxygen atoms in total. The van der Waals surface area contributed by atoms with E-state index in [4.69, 9.17) is 0 Å². The lowest BCUT2D eigenvalue weighted by molar-refractivity contribution is -0.117. The zero-order valence-corrected chi connectivity index (χ0v) is 10.1. The summed E-state index contributed by atoms with van der Waals surface area (Å²) in [6, 6.07) is 0. The Bertz CT molecular complexity index is 220. The smallest absolute Gasteiger partial charge is 0.127 e. The predicted molar refractivity (Wildman–Crippen MR) is 60.7 cm³/mol. The number of aldehydes is 1. The fraction of sp³-hybridized carbons (Fsp3) is 0.917. The Labute approximate surface area is 92.5 Å². The Morgan fingerprint density at radius 1 is 1.60 bits per heavy atom. The molecule has 0 aromatic carbocycles. The van der Waals surface area contributed by atoms with Crippen molar-refractivity contribution in [2.75, 3.05) is 19.6 Å². The Morgan fingerprint density at radius 2 is 2.27 bits per heavy atom. The summed E-state index contributed by atoms with van der Waals surface area (Å²) in [5.41, 5.74) is -0.250. The molecule has 15 heavy (non-hydrogen) atoms. The van der Waals surface area contributed by atoms with E-state index in [2.05, 4.69) is 11.8 Å². The standard InChI is InChI=1S/C12H23NO2/c1-4-12(3,9-14)8-13-6-5-10(2)11(15)7-13/h9-11,15H,4-8H2,1-3H3. The maximum atomic E-state index is 11.0. The quantitative estimate of drug-likeness (QED) is 0.716. The van der Waals surface area contributed by atoms with Crippen molar-refractivity contribution in [3.8, 4) is 0 Å². The van der Waals surface area contributed by atoms with E-state index in [1.54, 1.807) is 0 Å². The van der Waals surface area contributed by atoms with Crippen LogP contribution in [-0.2, 0) is 4.79 Å². The normalized spacial score (nSPS) is 32.3. The summed E-state index contributed by atoms with van der Waals surface area (Å²) < 4.78 is 0. The molecule has 1 aliphatic rings. The number of carbonyl (C=O) groups is 1. The Morgan fingerprint density at radius 3 is 2.73 bits per heavy atom. The summed E-state index contributed by atoms with van der Waals surface area (Å²) in [7, 11) is 0. The molecule has 1 fully saturated rings. The molecule has 3 atom stereocenters. The van der Waals surface area contributed by atoms with E-state index < -0.39 is 0 Å². The van der Waals surface area contributed by atoms with Crippen molar-refractivity contribution in [3.05, 3.63) is 0 Å². The van der Waals surface area contributed by atoms with Crippen LogP contribution in [-0.4, -0.2) is 42.0 Å². The van der Waals surface area contributed by atoms with Gasteiger partial charge in [0.15, 0.2) is 0 Å². The molecule has 1 N–H and O–H groups in total. The van der Waals surface area contributed by atoms with Crippen LogP contribution in [0.1, 0.15) is 33.6 Å². The number of piperidine rings is 1. The number of β-amino-alcohol motifs (C(OH)–C–C–N with tert-alkyl or cyclic N) is 1. The number of carbonyl (C=O) groups excluding carboxylic acids is 1. The highest BCUT2D eigenvalue weighted by molar-refractivity contribution is 5.58. The molecule has 1 saturated heterocycles. The van der Waals surface area contributed by atoms with Gasteiger partial charge in [0, 0.05) is 18.5 Å². The zero-order chi connectivity index (χ0) is 11.5. The molecule has 0 amide bonds. The molecule has 1 aliphatic heterocycles. The highest BCUT2D eigenvalue weighted by Gasteiger charge is 2.30. The molecule has 0 aromatic rings. The molecule has 0 aliphatic carbocycles. The average Bonchev–Trinajstić information content (AvgIpc) is 2.23. The summed E-state index contributed by atoms with van der Waals surface area (Å²) in [5, 5.41) is 9.76. The van der Waals surface area contributed by atoms with Gasteiger partial charge in [-0.15, -0.1) is 0 Å². The molecule has 0 aromatic heterocycles. The third kappa shape index (κ3) is 3.28. The first-order valence-electron chi connectivity index (χ1n) is 5.87. The third-order valence-electron chi connectivity index (χ3n) is 3.68. The summed E-state index contributed by atoms with van der Waals surface area (Å²) in [6.45, 7) is 8.60. The van der Waals surface area contributed by atoms with E-state index in [1.165, 1.54) is 0 Å². The Hall–Kier alpha value is -0.410. The van der Waals surface area contributed by atoms with Crippen molar-refractivity contribution in [1.82, 2.24) is 4.90 Å². The number of nitrogens with zero attached hydrogens (tertiary/aromatic N) is 1. The summed E-state index contributed by atoms with van der Waals surface area (Å²) in [4.78, 5) is 13.2. The van der Waals surface area contributed by atoms with Crippen molar-refractivity contribution in [1.29, 1.82) is 0 Å². The van der Waals surface area contributed by atoms with Gasteiger partial charge in [-0.25, -0.2) is 0 Å². The number of aliphatic hydroxyl groups is 1. The second-order valence-electron chi connectivity index (χ2n) is 5.19. The van der Waals surface area contributed by atoms with Crippen LogP contribution in [0.25, 0.3) is 0 Å². The summed E-state index contributed by atoms with van der Waals surface area (Å²) in [5.74, 6) is 0.394. The van der Waals surface area contributed by atoms with Gasteiger partial charge in [-0.1, -0.05) is 20.8 Å². The number of rotatable bonds is 4. The van der Waals surface area contributed by atoms with Crippen LogP contribution in [0.15, 0.2) is 0 Å². The highest BCUT2D eigenvalue weighted by atomic mass is 16.3. The minimum absolute atomic E-state index is 0.230. The van der Waals surface area contributed by atoms with Gasteiger partial charge < -0.3 is 9.90 Å². The molecule has 0 radical (unpaired) electrons. The van der Waals surface area contributed by atoms with Gasteiger partial charge in [0.05, 0.1) is 6.10 Å². The maximum Gasteiger partial charge on any atom is 0.127 e. The van der Waals surface area contributed by atoms with Crippen molar-refractivity contribution in [2.45, 2.75) is 39.7 Å². The molecular formula is C12H23NO2. The van der Waals surface area contributed by atoms with Gasteiger partial charge in [0.25, 0.3) is 0 Å². The minimum atomic E-state index is -0.250. The predicted octanol–water partition coefficient (Wildman–Crippen LogP) is 1.30. The summed E-state index contributed by atoms with van der Waals surface area (Å²) in [6.07, 6.45) is 2.71. The first-order valence-corrected chi connectivity index (χ1v) is 5.87. The number of likely N-dealkylation sites (tertiary alicyclic amines) is 1. The fourth-order valence-electron chi connectivity index (χ4n) is 2.00. The van der Waals surface area contributed by atoms with E-state index in [0.29, 0.717) is 12.5 Å².